The highest BCUT2D eigenvalue weighted by Crippen LogP contribution is 2.22. The molecular formula is C15H18N4O2. The van der Waals surface area contributed by atoms with E-state index in [0.29, 0.717) is 12.5 Å². The average molecular weight is 286 g/mol. The van der Waals surface area contributed by atoms with Crippen molar-refractivity contribution < 1.29 is 4.92 Å². The molecule has 0 aliphatic carbocycles. The Morgan fingerprint density at radius 1 is 1.29 bits per heavy atom. The van der Waals surface area contributed by atoms with Crippen LogP contribution in [0.15, 0.2) is 36.7 Å². The number of non-ortho nitro benzene ring substituents is 1. The quantitative estimate of drug-likeness (QED) is 0.691. The molecule has 1 fully saturated rings. The molecule has 6 nitrogen and oxygen atoms in total. The molecule has 1 aliphatic rings. The lowest BCUT2D eigenvalue weighted by atomic mass is 10.1. The van der Waals surface area contributed by atoms with Gasteiger partial charge >= 0.3 is 0 Å². The summed E-state index contributed by atoms with van der Waals surface area (Å²) < 4.78 is 2.25. The number of piperidine rings is 1. The summed E-state index contributed by atoms with van der Waals surface area (Å²) in [7, 11) is 0. The van der Waals surface area contributed by atoms with Gasteiger partial charge in [-0.3, -0.25) is 10.1 Å². The largest absolute Gasteiger partial charge is 0.332 e. The summed E-state index contributed by atoms with van der Waals surface area (Å²) in [5, 5.41) is 14.0. The number of nitrogens with one attached hydrogen (secondary N) is 1. The number of nitro groups is 1. The fourth-order valence-electron chi connectivity index (χ4n) is 2.82. The van der Waals surface area contributed by atoms with Crippen molar-refractivity contribution in [2.75, 3.05) is 13.1 Å². The minimum absolute atomic E-state index is 0.125. The second kappa shape index (κ2) is 6.05. The Kier molecular flexibility index (Phi) is 3.96. The number of hydrogen-bond acceptors (Lipinski definition) is 4. The van der Waals surface area contributed by atoms with E-state index in [1.54, 1.807) is 24.3 Å². The van der Waals surface area contributed by atoms with Crippen molar-refractivity contribution in [2.24, 2.45) is 0 Å². The Bertz CT molecular complexity index is 615. The van der Waals surface area contributed by atoms with Crippen molar-refractivity contribution in [3.05, 3.63) is 58.2 Å². The highest BCUT2D eigenvalue weighted by Gasteiger charge is 2.17. The van der Waals surface area contributed by atoms with Crippen LogP contribution < -0.4 is 5.32 Å². The SMILES string of the molecule is O=[N+]([O-])c1ccc(Cc2nccn2C2CCNCC2)cc1. The molecule has 2 aromatic rings. The van der Waals surface area contributed by atoms with Crippen molar-refractivity contribution >= 4 is 5.69 Å². The zero-order valence-corrected chi connectivity index (χ0v) is 11.7. The predicted molar refractivity (Wildman–Crippen MR) is 79.3 cm³/mol. The fourth-order valence-corrected chi connectivity index (χ4v) is 2.82. The summed E-state index contributed by atoms with van der Waals surface area (Å²) in [6.45, 7) is 2.08. The molecule has 0 spiro atoms. The van der Waals surface area contributed by atoms with Crippen LogP contribution in [0.1, 0.15) is 30.3 Å². The number of rotatable bonds is 4. The van der Waals surface area contributed by atoms with Crippen molar-refractivity contribution in [3.63, 3.8) is 0 Å². The first-order chi connectivity index (χ1) is 10.2. The van der Waals surface area contributed by atoms with Gasteiger partial charge in [0, 0.05) is 37.0 Å². The summed E-state index contributed by atoms with van der Waals surface area (Å²) in [5.74, 6) is 1.02. The topological polar surface area (TPSA) is 73.0 Å². The van der Waals surface area contributed by atoms with Gasteiger partial charge in [-0.2, -0.15) is 0 Å². The molecule has 110 valence electrons. The lowest BCUT2D eigenvalue weighted by Crippen LogP contribution is -2.29. The van der Waals surface area contributed by atoms with Crippen LogP contribution in [0.3, 0.4) is 0 Å². The third-order valence-corrected chi connectivity index (χ3v) is 3.96. The van der Waals surface area contributed by atoms with Crippen LogP contribution in [-0.2, 0) is 6.42 Å². The normalized spacial score (nSPS) is 16.0. The maximum atomic E-state index is 10.7. The molecule has 1 aromatic heterocycles. The zero-order valence-electron chi connectivity index (χ0n) is 11.7. The van der Waals surface area contributed by atoms with E-state index in [0.717, 1.165) is 37.3 Å². The molecular weight excluding hydrogens is 268 g/mol. The van der Waals surface area contributed by atoms with E-state index < -0.39 is 0 Å². The monoisotopic (exact) mass is 286 g/mol. The Hall–Kier alpha value is -2.21. The molecule has 0 bridgehead atoms. The fraction of sp³-hybridized carbons (Fsp3) is 0.400. The molecule has 6 heteroatoms. The first kappa shape index (κ1) is 13.8. The van der Waals surface area contributed by atoms with Gasteiger partial charge < -0.3 is 9.88 Å². The van der Waals surface area contributed by atoms with E-state index in [9.17, 15) is 10.1 Å². The zero-order chi connectivity index (χ0) is 14.7. The van der Waals surface area contributed by atoms with Gasteiger partial charge in [0.05, 0.1) is 4.92 Å². The molecule has 21 heavy (non-hydrogen) atoms. The minimum Gasteiger partial charge on any atom is -0.332 e. The van der Waals surface area contributed by atoms with Crippen LogP contribution in [0.25, 0.3) is 0 Å². The standard InChI is InChI=1S/C15H18N4O2/c20-19(21)14-3-1-12(2-4-14)11-15-17-9-10-18(15)13-5-7-16-8-6-13/h1-4,9-10,13,16H,5-8,11H2. The molecule has 0 saturated carbocycles. The second-order valence-electron chi connectivity index (χ2n) is 5.33. The maximum Gasteiger partial charge on any atom is 0.269 e. The molecule has 1 saturated heterocycles. The first-order valence-corrected chi connectivity index (χ1v) is 7.20. The number of nitrogens with zero attached hydrogens (tertiary/aromatic N) is 3. The lowest BCUT2D eigenvalue weighted by Gasteiger charge is -2.25. The molecule has 3 rings (SSSR count). The first-order valence-electron chi connectivity index (χ1n) is 7.20. The smallest absolute Gasteiger partial charge is 0.269 e. The Balaban J connectivity index is 1.75. The summed E-state index contributed by atoms with van der Waals surface area (Å²) in [6.07, 6.45) is 6.81. The van der Waals surface area contributed by atoms with Gasteiger partial charge in [0.15, 0.2) is 0 Å². The summed E-state index contributed by atoms with van der Waals surface area (Å²) >= 11 is 0. The van der Waals surface area contributed by atoms with Gasteiger partial charge in [-0.15, -0.1) is 0 Å². The van der Waals surface area contributed by atoms with E-state index in [1.165, 1.54) is 0 Å². The summed E-state index contributed by atoms with van der Waals surface area (Å²) in [5.41, 5.74) is 1.17. The number of aromatic nitrogens is 2. The Labute approximate surface area is 123 Å². The second-order valence-corrected chi connectivity index (χ2v) is 5.33. The predicted octanol–water partition coefficient (Wildman–Crippen LogP) is 2.31. The van der Waals surface area contributed by atoms with Gasteiger partial charge in [-0.1, -0.05) is 12.1 Å². The van der Waals surface area contributed by atoms with Crippen molar-refractivity contribution in [2.45, 2.75) is 25.3 Å². The molecule has 1 N–H and O–H groups in total. The van der Waals surface area contributed by atoms with Crippen molar-refractivity contribution in [3.8, 4) is 0 Å². The van der Waals surface area contributed by atoms with Crippen LogP contribution >= 0.6 is 0 Å². The maximum absolute atomic E-state index is 10.7. The van der Waals surface area contributed by atoms with Crippen LogP contribution in [0, 0.1) is 10.1 Å². The summed E-state index contributed by atoms with van der Waals surface area (Å²) in [4.78, 5) is 14.8. The van der Waals surface area contributed by atoms with E-state index >= 15 is 0 Å². The number of imidazole rings is 1. The van der Waals surface area contributed by atoms with E-state index in [1.807, 2.05) is 12.4 Å². The van der Waals surface area contributed by atoms with E-state index in [4.69, 9.17) is 0 Å². The Morgan fingerprint density at radius 3 is 2.67 bits per heavy atom. The molecule has 1 aliphatic heterocycles. The van der Waals surface area contributed by atoms with Gasteiger partial charge in [0.1, 0.15) is 5.82 Å². The van der Waals surface area contributed by atoms with Gasteiger partial charge in [-0.25, -0.2) is 4.98 Å². The third kappa shape index (κ3) is 3.11. The van der Waals surface area contributed by atoms with Crippen molar-refractivity contribution in [1.82, 2.24) is 14.9 Å². The van der Waals surface area contributed by atoms with E-state index in [-0.39, 0.29) is 10.6 Å². The molecule has 1 aromatic carbocycles. The lowest BCUT2D eigenvalue weighted by molar-refractivity contribution is -0.384. The highest BCUT2D eigenvalue weighted by atomic mass is 16.6. The molecule has 0 radical (unpaired) electrons. The van der Waals surface area contributed by atoms with Crippen molar-refractivity contribution in [1.29, 1.82) is 0 Å². The number of benzene rings is 1. The number of nitro benzene ring substituents is 1. The summed E-state index contributed by atoms with van der Waals surface area (Å²) in [6, 6.07) is 7.21. The molecule has 0 amide bonds. The number of hydrogen-bond donors (Lipinski definition) is 1. The van der Waals surface area contributed by atoms with Crippen LogP contribution in [-0.4, -0.2) is 27.6 Å². The molecule has 0 atom stereocenters. The minimum atomic E-state index is -0.375. The molecule has 0 unspecified atom stereocenters. The van der Waals surface area contributed by atoms with E-state index in [2.05, 4.69) is 14.9 Å². The van der Waals surface area contributed by atoms with Crippen LogP contribution in [0.4, 0.5) is 5.69 Å². The van der Waals surface area contributed by atoms with Crippen LogP contribution in [0.2, 0.25) is 0 Å². The van der Waals surface area contributed by atoms with Crippen LogP contribution in [0.5, 0.6) is 0 Å². The molecule has 2 heterocycles. The average Bonchev–Trinajstić information content (AvgIpc) is 2.97. The highest BCUT2D eigenvalue weighted by molar-refractivity contribution is 5.34. The van der Waals surface area contributed by atoms with Gasteiger partial charge in [0.2, 0.25) is 0 Å². The Morgan fingerprint density at radius 2 is 2.00 bits per heavy atom. The van der Waals surface area contributed by atoms with Gasteiger partial charge in [0.25, 0.3) is 5.69 Å². The third-order valence-electron chi connectivity index (χ3n) is 3.96. The van der Waals surface area contributed by atoms with Gasteiger partial charge in [-0.05, 0) is 31.5 Å².